The van der Waals surface area contributed by atoms with E-state index < -0.39 is 0 Å². The molecule has 0 bridgehead atoms. The Morgan fingerprint density at radius 1 is 1.33 bits per heavy atom. The first kappa shape index (κ1) is 14.0. The van der Waals surface area contributed by atoms with Gasteiger partial charge in [0.15, 0.2) is 0 Å². The summed E-state index contributed by atoms with van der Waals surface area (Å²) in [4.78, 5) is 8.63. The third-order valence-corrected chi connectivity index (χ3v) is 3.76. The van der Waals surface area contributed by atoms with E-state index in [0.29, 0.717) is 6.54 Å². The quantitative estimate of drug-likeness (QED) is 0.678. The summed E-state index contributed by atoms with van der Waals surface area (Å²) in [7, 11) is 0. The summed E-state index contributed by atoms with van der Waals surface area (Å²) < 4.78 is 15.5. The van der Waals surface area contributed by atoms with Gasteiger partial charge in [0.05, 0.1) is 16.4 Å². The lowest BCUT2D eigenvalue weighted by Gasteiger charge is -2.12. The van der Waals surface area contributed by atoms with Crippen LogP contribution in [-0.4, -0.2) is 14.5 Å². The minimum Gasteiger partial charge on any atom is -0.322 e. The van der Waals surface area contributed by atoms with Crippen LogP contribution in [-0.2, 0) is 6.54 Å². The maximum Gasteiger partial charge on any atom is 0.128 e. The van der Waals surface area contributed by atoms with E-state index in [1.807, 2.05) is 30.7 Å². The molecule has 2 aromatic heterocycles. The van der Waals surface area contributed by atoms with E-state index in [9.17, 15) is 4.39 Å². The Labute approximate surface area is 127 Å². The van der Waals surface area contributed by atoms with Gasteiger partial charge in [-0.05, 0) is 49.2 Å². The molecule has 21 heavy (non-hydrogen) atoms. The Morgan fingerprint density at radius 2 is 2.14 bits per heavy atom. The van der Waals surface area contributed by atoms with Crippen LogP contribution in [0.2, 0.25) is 0 Å². The second-order valence-electron chi connectivity index (χ2n) is 5.11. The number of nitrogens with zero attached hydrogens (tertiary/aromatic N) is 3. The number of hydrogen-bond donors (Lipinski definition) is 0. The molecule has 0 aliphatic rings. The van der Waals surface area contributed by atoms with Gasteiger partial charge < -0.3 is 4.57 Å². The van der Waals surface area contributed by atoms with Crippen molar-refractivity contribution >= 4 is 22.6 Å². The number of pyridine rings is 1. The van der Waals surface area contributed by atoms with Crippen molar-refractivity contribution in [1.82, 2.24) is 14.5 Å². The Balaban J connectivity index is 2.17. The van der Waals surface area contributed by atoms with Crippen molar-refractivity contribution in [2.45, 2.75) is 25.8 Å². The molecular formula is C16H15ClFN3. The zero-order valence-electron chi connectivity index (χ0n) is 11.8. The summed E-state index contributed by atoms with van der Waals surface area (Å²) in [5.41, 5.74) is 3.72. The molecule has 0 radical (unpaired) electrons. The number of aryl methyl sites for hydroxylation is 1. The topological polar surface area (TPSA) is 30.7 Å². The summed E-state index contributed by atoms with van der Waals surface area (Å²) in [6, 6.07) is 6.56. The third kappa shape index (κ3) is 2.63. The molecular weight excluding hydrogens is 289 g/mol. The predicted octanol–water partition coefficient (Wildman–Crippen LogP) is 4.23. The van der Waals surface area contributed by atoms with Crippen molar-refractivity contribution in [3.8, 4) is 0 Å². The maximum atomic E-state index is 13.6. The molecule has 108 valence electrons. The molecule has 0 aliphatic carbocycles. The van der Waals surface area contributed by atoms with Gasteiger partial charge in [-0.3, -0.25) is 4.98 Å². The van der Waals surface area contributed by atoms with Gasteiger partial charge in [0.1, 0.15) is 11.6 Å². The van der Waals surface area contributed by atoms with Crippen molar-refractivity contribution in [2.24, 2.45) is 0 Å². The lowest BCUT2D eigenvalue weighted by Crippen LogP contribution is -2.07. The summed E-state index contributed by atoms with van der Waals surface area (Å²) in [5, 5.41) is -0.248. The normalized spacial score (nSPS) is 12.8. The van der Waals surface area contributed by atoms with Crippen molar-refractivity contribution in [1.29, 1.82) is 0 Å². The van der Waals surface area contributed by atoms with E-state index in [1.165, 1.54) is 12.1 Å². The van der Waals surface area contributed by atoms with Gasteiger partial charge in [-0.15, -0.1) is 11.6 Å². The molecule has 0 amide bonds. The van der Waals surface area contributed by atoms with Crippen LogP contribution < -0.4 is 0 Å². The molecule has 3 rings (SSSR count). The minimum atomic E-state index is -0.274. The average Bonchev–Trinajstić information content (AvgIpc) is 2.80. The average molecular weight is 304 g/mol. The van der Waals surface area contributed by atoms with E-state index in [4.69, 9.17) is 11.6 Å². The van der Waals surface area contributed by atoms with E-state index in [0.717, 1.165) is 28.0 Å². The molecule has 0 saturated heterocycles. The SMILES string of the molecule is Cc1cnccc1Cn1c(C(C)Cl)nc2ccc(F)cc21. The standard InChI is InChI=1S/C16H15ClFN3/c1-10-8-19-6-5-12(10)9-21-15-7-13(18)3-4-14(15)20-16(21)11(2)17/h3-8,11H,9H2,1-2H3. The van der Waals surface area contributed by atoms with E-state index in [-0.39, 0.29) is 11.2 Å². The van der Waals surface area contributed by atoms with Crippen molar-refractivity contribution in [3.63, 3.8) is 0 Å². The molecule has 3 aromatic rings. The molecule has 1 unspecified atom stereocenters. The Hall–Kier alpha value is -1.94. The monoisotopic (exact) mass is 303 g/mol. The largest absolute Gasteiger partial charge is 0.322 e. The summed E-state index contributed by atoms with van der Waals surface area (Å²) >= 11 is 6.24. The fraction of sp³-hybridized carbons (Fsp3) is 0.250. The van der Waals surface area contributed by atoms with Gasteiger partial charge in [0.25, 0.3) is 0 Å². The van der Waals surface area contributed by atoms with Crippen molar-refractivity contribution in [3.05, 3.63) is 59.4 Å². The van der Waals surface area contributed by atoms with E-state index in [2.05, 4.69) is 9.97 Å². The molecule has 3 nitrogen and oxygen atoms in total. The number of imidazole rings is 1. The van der Waals surface area contributed by atoms with Gasteiger partial charge in [-0.2, -0.15) is 0 Å². The third-order valence-electron chi connectivity index (χ3n) is 3.56. The fourth-order valence-corrected chi connectivity index (χ4v) is 2.60. The molecule has 0 aliphatic heterocycles. The van der Waals surface area contributed by atoms with Crippen LogP contribution in [0, 0.1) is 12.7 Å². The first-order chi connectivity index (χ1) is 10.1. The zero-order chi connectivity index (χ0) is 15.0. The zero-order valence-corrected chi connectivity index (χ0v) is 12.6. The number of fused-ring (bicyclic) bond motifs is 1. The molecule has 0 N–H and O–H groups in total. The Bertz CT molecular complexity index is 795. The van der Waals surface area contributed by atoms with Crippen LogP contribution in [0.1, 0.15) is 29.3 Å². The molecule has 1 atom stereocenters. The molecule has 2 heterocycles. The number of alkyl halides is 1. The van der Waals surface area contributed by atoms with E-state index in [1.54, 1.807) is 12.3 Å². The highest BCUT2D eigenvalue weighted by Crippen LogP contribution is 2.26. The van der Waals surface area contributed by atoms with Crippen molar-refractivity contribution < 1.29 is 4.39 Å². The van der Waals surface area contributed by atoms with Crippen molar-refractivity contribution in [2.75, 3.05) is 0 Å². The Kier molecular flexibility index (Phi) is 3.64. The van der Waals surface area contributed by atoms with Crippen LogP contribution in [0.5, 0.6) is 0 Å². The molecule has 0 saturated carbocycles. The van der Waals surface area contributed by atoms with Crippen LogP contribution in [0.3, 0.4) is 0 Å². The highest BCUT2D eigenvalue weighted by atomic mass is 35.5. The number of benzene rings is 1. The minimum absolute atomic E-state index is 0.248. The fourth-order valence-electron chi connectivity index (χ4n) is 2.43. The number of rotatable bonds is 3. The highest BCUT2D eigenvalue weighted by molar-refractivity contribution is 6.20. The summed E-state index contributed by atoms with van der Waals surface area (Å²) in [6.45, 7) is 4.47. The number of aromatic nitrogens is 3. The molecule has 1 aromatic carbocycles. The lowest BCUT2D eigenvalue weighted by atomic mass is 10.1. The van der Waals surface area contributed by atoms with Gasteiger partial charge in [-0.25, -0.2) is 9.37 Å². The predicted molar refractivity (Wildman–Crippen MR) is 82.0 cm³/mol. The summed E-state index contributed by atoms with van der Waals surface area (Å²) in [5.74, 6) is 0.470. The van der Waals surface area contributed by atoms with Gasteiger partial charge in [0.2, 0.25) is 0 Å². The molecule has 0 spiro atoms. The first-order valence-corrected chi connectivity index (χ1v) is 7.19. The van der Waals surface area contributed by atoms with Crippen LogP contribution in [0.4, 0.5) is 4.39 Å². The van der Waals surface area contributed by atoms with E-state index >= 15 is 0 Å². The first-order valence-electron chi connectivity index (χ1n) is 6.75. The highest BCUT2D eigenvalue weighted by Gasteiger charge is 2.16. The van der Waals surface area contributed by atoms with Gasteiger partial charge in [-0.1, -0.05) is 0 Å². The number of hydrogen-bond acceptors (Lipinski definition) is 2. The summed E-state index contributed by atoms with van der Waals surface area (Å²) in [6.07, 6.45) is 3.57. The van der Waals surface area contributed by atoms with Crippen LogP contribution >= 0.6 is 11.6 Å². The maximum absolute atomic E-state index is 13.6. The second kappa shape index (κ2) is 5.45. The van der Waals surface area contributed by atoms with Crippen LogP contribution in [0.15, 0.2) is 36.7 Å². The second-order valence-corrected chi connectivity index (χ2v) is 5.76. The lowest BCUT2D eigenvalue weighted by molar-refractivity contribution is 0.628. The molecule has 5 heteroatoms. The Morgan fingerprint density at radius 3 is 2.86 bits per heavy atom. The molecule has 0 fully saturated rings. The van der Waals surface area contributed by atoms with Gasteiger partial charge in [0, 0.05) is 18.9 Å². The smallest absolute Gasteiger partial charge is 0.128 e. The number of halogens is 2. The van der Waals surface area contributed by atoms with Crippen LogP contribution in [0.25, 0.3) is 11.0 Å². The van der Waals surface area contributed by atoms with Gasteiger partial charge >= 0.3 is 0 Å².